The summed E-state index contributed by atoms with van der Waals surface area (Å²) in [5, 5.41) is 0. The summed E-state index contributed by atoms with van der Waals surface area (Å²) in [6.07, 6.45) is 0.813. The maximum absolute atomic E-state index is 11.6. The normalized spacial score (nSPS) is 15.2. The van der Waals surface area contributed by atoms with E-state index in [1.54, 1.807) is 0 Å². The lowest BCUT2D eigenvalue weighted by molar-refractivity contribution is -0.149. The highest BCUT2D eigenvalue weighted by molar-refractivity contribution is 6.14. The third-order valence-electron chi connectivity index (χ3n) is 2.64. The molecule has 0 radical (unpaired) electrons. The van der Waals surface area contributed by atoms with Gasteiger partial charge in [-0.3, -0.25) is 14.4 Å². The van der Waals surface area contributed by atoms with Crippen LogP contribution in [0.25, 0.3) is 0 Å². The van der Waals surface area contributed by atoms with Crippen LogP contribution in [0.1, 0.15) is 25.7 Å². The Balaban J connectivity index is 2.00. The Morgan fingerprint density at radius 2 is 1.85 bits per heavy atom. The number of hydrogen-bond acceptors (Lipinski definition) is 7. The molecule has 1 saturated heterocycles. The summed E-state index contributed by atoms with van der Waals surface area (Å²) in [6, 6.07) is 0. The first-order valence-electron chi connectivity index (χ1n) is 6.46. The van der Waals surface area contributed by atoms with Crippen molar-refractivity contribution in [1.29, 1.82) is 0 Å². The predicted octanol–water partition coefficient (Wildman–Crippen LogP) is -0.416. The molecule has 8 nitrogen and oxygen atoms in total. The number of amides is 3. The van der Waals surface area contributed by atoms with Gasteiger partial charge in [0.25, 0.3) is 0 Å². The number of nitrogens with zero attached hydrogens (tertiary/aromatic N) is 1. The number of hydrogen-bond donors (Lipinski definition) is 1. The fraction of sp³-hybridized carbons (Fsp3) is 0.750. The predicted molar refractivity (Wildman–Crippen MR) is 67.1 cm³/mol. The summed E-state index contributed by atoms with van der Waals surface area (Å²) < 4.78 is 10.3. The second kappa shape index (κ2) is 9.54. The standard InChI is InChI=1S/C12H20N2O6/c1-18-13-6-8-20-9-19-7-2-3-10(15)14-11(16)4-5-12(14)17/h13H,2-9H2,1H3. The lowest BCUT2D eigenvalue weighted by atomic mass is 10.3. The molecule has 20 heavy (non-hydrogen) atoms. The molecule has 1 fully saturated rings. The first kappa shape index (κ1) is 16.7. The molecule has 8 heteroatoms. The van der Waals surface area contributed by atoms with E-state index < -0.39 is 17.7 Å². The minimum Gasteiger partial charge on any atom is -0.355 e. The van der Waals surface area contributed by atoms with E-state index in [2.05, 4.69) is 10.3 Å². The first-order valence-corrected chi connectivity index (χ1v) is 6.46. The fourth-order valence-electron chi connectivity index (χ4n) is 1.68. The van der Waals surface area contributed by atoms with E-state index in [-0.39, 0.29) is 26.1 Å². The zero-order valence-corrected chi connectivity index (χ0v) is 11.6. The van der Waals surface area contributed by atoms with Crippen LogP contribution in [0.5, 0.6) is 0 Å². The molecule has 0 unspecified atom stereocenters. The van der Waals surface area contributed by atoms with Gasteiger partial charge in [-0.05, 0) is 6.42 Å². The molecular formula is C12H20N2O6. The second-order valence-electron chi connectivity index (χ2n) is 4.15. The van der Waals surface area contributed by atoms with Gasteiger partial charge in [0.15, 0.2) is 0 Å². The zero-order chi connectivity index (χ0) is 14.8. The molecule has 1 rings (SSSR count). The molecule has 0 aromatic heterocycles. The van der Waals surface area contributed by atoms with Crippen molar-refractivity contribution in [3.8, 4) is 0 Å². The number of carbonyl (C=O) groups is 3. The van der Waals surface area contributed by atoms with Gasteiger partial charge in [-0.15, -0.1) is 0 Å². The smallest absolute Gasteiger partial charge is 0.236 e. The van der Waals surface area contributed by atoms with E-state index in [0.717, 1.165) is 4.90 Å². The number of likely N-dealkylation sites (tertiary alicyclic amines) is 1. The molecule has 3 amide bonds. The third-order valence-corrected chi connectivity index (χ3v) is 2.64. The molecule has 0 bridgehead atoms. The highest BCUT2D eigenvalue weighted by atomic mass is 16.7. The van der Waals surface area contributed by atoms with Crippen molar-refractivity contribution >= 4 is 17.7 Å². The molecule has 0 spiro atoms. The van der Waals surface area contributed by atoms with Crippen LogP contribution < -0.4 is 5.48 Å². The van der Waals surface area contributed by atoms with E-state index in [1.165, 1.54) is 7.11 Å². The largest absolute Gasteiger partial charge is 0.355 e. The van der Waals surface area contributed by atoms with Crippen LogP contribution in [0, 0.1) is 0 Å². The summed E-state index contributed by atoms with van der Waals surface area (Å²) in [5.41, 5.74) is 2.61. The van der Waals surface area contributed by atoms with Gasteiger partial charge in [0.2, 0.25) is 17.7 Å². The molecule has 1 N–H and O–H groups in total. The van der Waals surface area contributed by atoms with Gasteiger partial charge in [-0.2, -0.15) is 0 Å². The van der Waals surface area contributed by atoms with Gasteiger partial charge in [-0.1, -0.05) is 0 Å². The van der Waals surface area contributed by atoms with Crippen LogP contribution >= 0.6 is 0 Å². The lowest BCUT2D eigenvalue weighted by Crippen LogP contribution is -2.35. The zero-order valence-electron chi connectivity index (χ0n) is 11.6. The summed E-state index contributed by atoms with van der Waals surface area (Å²) in [5.74, 6) is -1.27. The van der Waals surface area contributed by atoms with Crippen molar-refractivity contribution in [2.45, 2.75) is 25.7 Å². The lowest BCUT2D eigenvalue weighted by Gasteiger charge is -2.11. The molecule has 0 saturated carbocycles. The minimum absolute atomic E-state index is 0.114. The molecule has 1 aliphatic heterocycles. The highest BCUT2D eigenvalue weighted by Gasteiger charge is 2.33. The van der Waals surface area contributed by atoms with Crippen LogP contribution in [0.2, 0.25) is 0 Å². The summed E-state index contributed by atoms with van der Waals surface area (Å²) >= 11 is 0. The van der Waals surface area contributed by atoms with Gasteiger partial charge in [0, 0.05) is 32.4 Å². The van der Waals surface area contributed by atoms with Crippen molar-refractivity contribution in [2.24, 2.45) is 0 Å². The average molecular weight is 288 g/mol. The van der Waals surface area contributed by atoms with Crippen molar-refractivity contribution in [1.82, 2.24) is 10.4 Å². The Morgan fingerprint density at radius 3 is 2.50 bits per heavy atom. The van der Waals surface area contributed by atoms with E-state index in [9.17, 15) is 14.4 Å². The molecule has 114 valence electrons. The number of rotatable bonds is 10. The van der Waals surface area contributed by atoms with Gasteiger partial charge in [-0.25, -0.2) is 10.4 Å². The molecule has 0 aromatic carbocycles. The van der Waals surface area contributed by atoms with E-state index in [4.69, 9.17) is 9.47 Å². The summed E-state index contributed by atoms with van der Waals surface area (Å²) in [7, 11) is 1.52. The second-order valence-corrected chi connectivity index (χ2v) is 4.15. The van der Waals surface area contributed by atoms with Crippen molar-refractivity contribution in [3.63, 3.8) is 0 Å². The molecule has 1 heterocycles. The summed E-state index contributed by atoms with van der Waals surface area (Å²) in [6.45, 7) is 1.46. The third kappa shape index (κ3) is 5.74. The molecule has 1 aliphatic rings. The van der Waals surface area contributed by atoms with Gasteiger partial charge < -0.3 is 14.3 Å². The number of hydroxylamine groups is 1. The Bertz CT molecular complexity index is 331. The molecular weight excluding hydrogens is 268 g/mol. The van der Waals surface area contributed by atoms with Crippen LogP contribution in [-0.4, -0.2) is 56.3 Å². The molecule has 0 aromatic rings. The van der Waals surface area contributed by atoms with Crippen LogP contribution in [0.15, 0.2) is 0 Å². The van der Waals surface area contributed by atoms with Crippen LogP contribution in [0.4, 0.5) is 0 Å². The maximum atomic E-state index is 11.6. The fourth-order valence-corrected chi connectivity index (χ4v) is 1.68. The first-order chi connectivity index (χ1) is 9.66. The Morgan fingerprint density at radius 1 is 1.20 bits per heavy atom. The minimum atomic E-state index is -0.452. The number of imide groups is 3. The topological polar surface area (TPSA) is 94.2 Å². The maximum Gasteiger partial charge on any atom is 0.236 e. The van der Waals surface area contributed by atoms with Crippen LogP contribution in [-0.2, 0) is 28.7 Å². The molecule has 0 aliphatic carbocycles. The number of carbonyl (C=O) groups excluding carboxylic acids is 3. The molecule has 0 atom stereocenters. The van der Waals surface area contributed by atoms with Gasteiger partial charge in [0.1, 0.15) is 6.79 Å². The van der Waals surface area contributed by atoms with Gasteiger partial charge in [0.05, 0.1) is 13.7 Å². The van der Waals surface area contributed by atoms with Crippen LogP contribution in [0.3, 0.4) is 0 Å². The highest BCUT2D eigenvalue weighted by Crippen LogP contribution is 2.13. The average Bonchev–Trinajstić information content (AvgIpc) is 2.76. The Kier molecular flexibility index (Phi) is 7.97. The van der Waals surface area contributed by atoms with Crippen molar-refractivity contribution in [2.75, 3.05) is 33.7 Å². The van der Waals surface area contributed by atoms with Crippen molar-refractivity contribution < 1.29 is 28.7 Å². The van der Waals surface area contributed by atoms with Crippen molar-refractivity contribution in [3.05, 3.63) is 0 Å². The quantitative estimate of drug-likeness (QED) is 0.252. The summed E-state index contributed by atoms with van der Waals surface area (Å²) in [4.78, 5) is 39.6. The van der Waals surface area contributed by atoms with E-state index in [1.807, 2.05) is 0 Å². The van der Waals surface area contributed by atoms with E-state index in [0.29, 0.717) is 26.2 Å². The monoisotopic (exact) mass is 288 g/mol. The van der Waals surface area contributed by atoms with E-state index >= 15 is 0 Å². The number of nitrogens with one attached hydrogen (secondary N) is 1. The Hall–Kier alpha value is -1.35. The Labute approximate surface area is 117 Å². The number of ether oxygens (including phenoxy) is 2. The SMILES string of the molecule is CONCCOCOCCCC(=O)N1C(=O)CCC1=O. The van der Waals surface area contributed by atoms with Gasteiger partial charge >= 0.3 is 0 Å².